The van der Waals surface area contributed by atoms with Crippen molar-refractivity contribution >= 4 is 0 Å². The van der Waals surface area contributed by atoms with Crippen LogP contribution in [0.2, 0.25) is 0 Å². The van der Waals surface area contributed by atoms with Crippen molar-refractivity contribution in [3.63, 3.8) is 0 Å². The second-order valence-corrected chi connectivity index (χ2v) is 5.90. The fourth-order valence-corrected chi connectivity index (χ4v) is 2.57. The smallest absolute Gasteiger partial charge is 0.0991 e. The van der Waals surface area contributed by atoms with Crippen LogP contribution in [0.4, 0.5) is 0 Å². The van der Waals surface area contributed by atoms with E-state index in [1.165, 1.54) is 62.5 Å². The number of unbranched alkanes of at least 4 members (excludes halogenated alkanes) is 7. The third kappa shape index (κ3) is 7.87. The maximum absolute atomic E-state index is 8.85. The number of rotatable bonds is 11. The standard InChI is InChI=1S/C19H30N2/c1-3-4-5-6-7-8-9-10-13-21-16-19-12-11-18(15-20)14-17(19)2/h11-12,14,21H,3-10,13,16H2,1-2H3. The summed E-state index contributed by atoms with van der Waals surface area (Å²) in [5.41, 5.74) is 3.25. The Hall–Kier alpha value is -1.33. The minimum absolute atomic E-state index is 0.749. The first-order valence-electron chi connectivity index (χ1n) is 8.48. The summed E-state index contributed by atoms with van der Waals surface area (Å²) in [5.74, 6) is 0. The Kier molecular flexibility index (Phi) is 9.57. The van der Waals surface area contributed by atoms with Gasteiger partial charge in [0.2, 0.25) is 0 Å². The number of benzene rings is 1. The predicted octanol–water partition coefficient (Wildman–Crippen LogP) is 5.10. The molecule has 0 aromatic heterocycles. The molecule has 0 aliphatic heterocycles. The van der Waals surface area contributed by atoms with Crippen LogP contribution in [0.5, 0.6) is 0 Å². The molecule has 2 nitrogen and oxygen atoms in total. The lowest BCUT2D eigenvalue weighted by Gasteiger charge is -2.08. The molecule has 21 heavy (non-hydrogen) atoms. The second-order valence-electron chi connectivity index (χ2n) is 5.90. The molecule has 0 atom stereocenters. The summed E-state index contributed by atoms with van der Waals surface area (Å²) < 4.78 is 0. The van der Waals surface area contributed by atoms with Crippen LogP contribution in [-0.4, -0.2) is 6.54 Å². The first-order valence-corrected chi connectivity index (χ1v) is 8.48. The van der Waals surface area contributed by atoms with E-state index >= 15 is 0 Å². The molecule has 1 aromatic rings. The molecule has 0 amide bonds. The van der Waals surface area contributed by atoms with E-state index in [2.05, 4.69) is 31.3 Å². The lowest BCUT2D eigenvalue weighted by atomic mass is 10.1. The van der Waals surface area contributed by atoms with E-state index in [9.17, 15) is 0 Å². The second kappa shape index (κ2) is 11.3. The number of nitriles is 1. The van der Waals surface area contributed by atoms with Crippen molar-refractivity contribution in [2.45, 2.75) is 71.8 Å². The highest BCUT2D eigenvalue weighted by molar-refractivity contribution is 5.37. The average Bonchev–Trinajstić information content (AvgIpc) is 2.50. The van der Waals surface area contributed by atoms with E-state index in [-0.39, 0.29) is 0 Å². The molecule has 2 heteroatoms. The maximum Gasteiger partial charge on any atom is 0.0991 e. The van der Waals surface area contributed by atoms with Gasteiger partial charge in [-0.1, -0.05) is 57.9 Å². The molecule has 1 N–H and O–H groups in total. The zero-order chi connectivity index (χ0) is 15.3. The van der Waals surface area contributed by atoms with Crippen LogP contribution in [-0.2, 0) is 6.54 Å². The highest BCUT2D eigenvalue weighted by Crippen LogP contribution is 2.11. The van der Waals surface area contributed by atoms with E-state index in [0.717, 1.165) is 18.7 Å². The van der Waals surface area contributed by atoms with E-state index in [4.69, 9.17) is 5.26 Å². The Balaban J connectivity index is 2.03. The van der Waals surface area contributed by atoms with E-state index < -0.39 is 0 Å². The molecule has 0 fully saturated rings. The van der Waals surface area contributed by atoms with Crippen molar-refractivity contribution in [3.05, 3.63) is 34.9 Å². The highest BCUT2D eigenvalue weighted by atomic mass is 14.8. The molecule has 1 rings (SSSR count). The molecule has 0 unspecified atom stereocenters. The number of hydrogen-bond acceptors (Lipinski definition) is 2. The Morgan fingerprint density at radius 1 is 1.00 bits per heavy atom. The Bertz CT molecular complexity index is 432. The fraction of sp³-hybridized carbons (Fsp3) is 0.632. The van der Waals surface area contributed by atoms with Crippen molar-refractivity contribution in [1.82, 2.24) is 5.32 Å². The molecule has 1 aromatic carbocycles. The van der Waals surface area contributed by atoms with Gasteiger partial charge < -0.3 is 5.32 Å². The summed E-state index contributed by atoms with van der Waals surface area (Å²) in [5, 5.41) is 12.4. The minimum Gasteiger partial charge on any atom is -0.313 e. The minimum atomic E-state index is 0.749. The lowest BCUT2D eigenvalue weighted by Crippen LogP contribution is -2.15. The van der Waals surface area contributed by atoms with Crippen LogP contribution in [0.15, 0.2) is 18.2 Å². The topological polar surface area (TPSA) is 35.8 Å². The Labute approximate surface area is 130 Å². The van der Waals surface area contributed by atoms with Gasteiger partial charge in [0.25, 0.3) is 0 Å². The van der Waals surface area contributed by atoms with Crippen molar-refractivity contribution in [1.29, 1.82) is 5.26 Å². The molecule has 0 heterocycles. The molecule has 0 saturated heterocycles. The van der Waals surface area contributed by atoms with Gasteiger partial charge in [-0.2, -0.15) is 5.26 Å². The summed E-state index contributed by atoms with van der Waals surface area (Å²) in [4.78, 5) is 0. The summed E-state index contributed by atoms with van der Waals surface area (Å²) >= 11 is 0. The Morgan fingerprint density at radius 2 is 1.67 bits per heavy atom. The quantitative estimate of drug-likeness (QED) is 0.575. The van der Waals surface area contributed by atoms with Crippen molar-refractivity contribution in [2.24, 2.45) is 0 Å². The summed E-state index contributed by atoms with van der Waals surface area (Å²) in [6.45, 7) is 6.35. The molecule has 116 valence electrons. The van der Waals surface area contributed by atoms with Crippen molar-refractivity contribution < 1.29 is 0 Å². The van der Waals surface area contributed by atoms with Crippen molar-refractivity contribution in [2.75, 3.05) is 6.54 Å². The van der Waals surface area contributed by atoms with Crippen LogP contribution in [0.25, 0.3) is 0 Å². The molecule has 0 radical (unpaired) electrons. The van der Waals surface area contributed by atoms with E-state index in [0.29, 0.717) is 0 Å². The molecule has 0 aliphatic carbocycles. The summed E-state index contributed by atoms with van der Waals surface area (Å²) in [6, 6.07) is 8.12. The monoisotopic (exact) mass is 286 g/mol. The molecule has 0 aliphatic rings. The molecular weight excluding hydrogens is 256 g/mol. The maximum atomic E-state index is 8.85. The lowest BCUT2D eigenvalue weighted by molar-refractivity contribution is 0.555. The van der Waals surface area contributed by atoms with Crippen LogP contribution in [0, 0.1) is 18.3 Å². The van der Waals surface area contributed by atoms with Crippen LogP contribution in [0.3, 0.4) is 0 Å². The molecule has 0 bridgehead atoms. The van der Waals surface area contributed by atoms with Gasteiger partial charge in [-0.15, -0.1) is 0 Å². The SMILES string of the molecule is CCCCCCCCCCNCc1ccc(C#N)cc1C. The number of aryl methyl sites for hydroxylation is 1. The third-order valence-electron chi connectivity index (χ3n) is 3.99. The van der Waals surface area contributed by atoms with Gasteiger partial charge in [-0.05, 0) is 43.1 Å². The van der Waals surface area contributed by atoms with Gasteiger partial charge in [-0.3, -0.25) is 0 Å². The van der Waals surface area contributed by atoms with Gasteiger partial charge in [0, 0.05) is 6.54 Å². The number of nitrogens with one attached hydrogen (secondary N) is 1. The fourth-order valence-electron chi connectivity index (χ4n) is 2.57. The van der Waals surface area contributed by atoms with Gasteiger partial charge in [0.1, 0.15) is 0 Å². The molecule has 0 saturated carbocycles. The zero-order valence-electron chi connectivity index (χ0n) is 13.8. The summed E-state index contributed by atoms with van der Waals surface area (Å²) in [7, 11) is 0. The van der Waals surface area contributed by atoms with E-state index in [1.54, 1.807) is 0 Å². The van der Waals surface area contributed by atoms with Crippen LogP contribution in [0.1, 0.15) is 75.0 Å². The van der Waals surface area contributed by atoms with Gasteiger partial charge in [-0.25, -0.2) is 0 Å². The largest absolute Gasteiger partial charge is 0.313 e. The van der Waals surface area contributed by atoms with Gasteiger partial charge >= 0.3 is 0 Å². The first kappa shape index (κ1) is 17.7. The third-order valence-corrected chi connectivity index (χ3v) is 3.99. The van der Waals surface area contributed by atoms with Crippen LogP contribution >= 0.6 is 0 Å². The van der Waals surface area contributed by atoms with Gasteiger partial charge in [0.15, 0.2) is 0 Å². The molecule has 0 spiro atoms. The van der Waals surface area contributed by atoms with Gasteiger partial charge in [0.05, 0.1) is 11.6 Å². The summed E-state index contributed by atoms with van der Waals surface area (Å²) in [6.07, 6.45) is 10.9. The average molecular weight is 286 g/mol. The number of nitrogens with zero attached hydrogens (tertiary/aromatic N) is 1. The first-order chi connectivity index (χ1) is 10.3. The van der Waals surface area contributed by atoms with Crippen LogP contribution < -0.4 is 5.32 Å². The predicted molar refractivity (Wildman–Crippen MR) is 90.2 cm³/mol. The Morgan fingerprint density at radius 3 is 2.29 bits per heavy atom. The van der Waals surface area contributed by atoms with Crippen molar-refractivity contribution in [3.8, 4) is 6.07 Å². The zero-order valence-corrected chi connectivity index (χ0v) is 13.8. The normalized spacial score (nSPS) is 10.5. The highest BCUT2D eigenvalue weighted by Gasteiger charge is 1.99. The van der Waals surface area contributed by atoms with E-state index in [1.807, 2.05) is 12.1 Å². The molecular formula is C19H30N2. The number of hydrogen-bond donors (Lipinski definition) is 1.